The minimum atomic E-state index is -4.47. The molecule has 0 aliphatic carbocycles. The van der Waals surface area contributed by atoms with E-state index in [1.54, 1.807) is 18.2 Å². The zero-order valence-corrected chi connectivity index (χ0v) is 11.0. The summed E-state index contributed by atoms with van der Waals surface area (Å²) in [6.07, 6.45) is -2.39. The molecule has 3 rings (SSSR count). The van der Waals surface area contributed by atoms with Crippen LogP contribution < -0.4 is 5.73 Å². The maximum absolute atomic E-state index is 12.7. The van der Waals surface area contributed by atoms with Crippen molar-refractivity contribution >= 4 is 16.8 Å². The van der Waals surface area contributed by atoms with E-state index in [4.69, 9.17) is 5.73 Å². The molecule has 2 heterocycles. The predicted molar refractivity (Wildman–Crippen MR) is 72.8 cm³/mol. The zero-order valence-electron chi connectivity index (χ0n) is 11.0. The summed E-state index contributed by atoms with van der Waals surface area (Å²) < 4.78 is 38.2. The molecule has 0 aliphatic rings. The molecule has 0 radical (unpaired) electrons. The molecule has 8 heteroatoms. The Bertz CT molecular complexity index is 870. The Morgan fingerprint density at radius 2 is 1.91 bits per heavy atom. The topological polar surface area (TPSA) is 84.7 Å². The van der Waals surface area contributed by atoms with Crippen molar-refractivity contribution < 1.29 is 18.0 Å². The third kappa shape index (κ3) is 2.39. The normalized spacial score (nSPS) is 11.8. The number of amides is 1. The van der Waals surface area contributed by atoms with E-state index < -0.39 is 17.6 Å². The average molecular weight is 306 g/mol. The predicted octanol–water partition coefficient (Wildman–Crippen LogP) is 2.74. The third-order valence-corrected chi connectivity index (χ3v) is 3.20. The van der Waals surface area contributed by atoms with Crippen LogP contribution in [0.1, 0.15) is 16.1 Å². The Morgan fingerprint density at radius 1 is 1.14 bits per heavy atom. The van der Waals surface area contributed by atoms with Gasteiger partial charge in [0, 0.05) is 23.3 Å². The SMILES string of the molecule is NC(=O)c1n[nH]c2ccc(-c3cncc(C(F)(F)F)c3)cc12. The van der Waals surface area contributed by atoms with Gasteiger partial charge in [-0.1, -0.05) is 6.07 Å². The number of nitrogens with zero attached hydrogens (tertiary/aromatic N) is 2. The lowest BCUT2D eigenvalue weighted by Crippen LogP contribution is -2.11. The summed E-state index contributed by atoms with van der Waals surface area (Å²) in [5.41, 5.74) is 5.74. The summed E-state index contributed by atoms with van der Waals surface area (Å²) in [5, 5.41) is 6.88. The zero-order chi connectivity index (χ0) is 15.9. The molecule has 0 fully saturated rings. The van der Waals surface area contributed by atoms with Crippen LogP contribution >= 0.6 is 0 Å². The van der Waals surface area contributed by atoms with E-state index in [1.165, 1.54) is 6.20 Å². The molecule has 0 unspecified atom stereocenters. The van der Waals surface area contributed by atoms with Gasteiger partial charge in [-0.05, 0) is 23.8 Å². The Hall–Kier alpha value is -2.90. The minimum absolute atomic E-state index is 0.0387. The van der Waals surface area contributed by atoms with Crippen molar-refractivity contribution in [2.24, 2.45) is 5.73 Å². The fraction of sp³-hybridized carbons (Fsp3) is 0.0714. The fourth-order valence-electron chi connectivity index (χ4n) is 2.13. The monoisotopic (exact) mass is 306 g/mol. The average Bonchev–Trinajstić information content (AvgIpc) is 2.89. The lowest BCUT2D eigenvalue weighted by Gasteiger charge is -2.08. The van der Waals surface area contributed by atoms with Crippen LogP contribution in [0, 0.1) is 0 Å². The van der Waals surface area contributed by atoms with Gasteiger partial charge >= 0.3 is 6.18 Å². The molecule has 3 N–H and O–H groups in total. The Kier molecular flexibility index (Phi) is 3.09. The number of halogens is 3. The highest BCUT2D eigenvalue weighted by Gasteiger charge is 2.31. The number of hydrogen-bond donors (Lipinski definition) is 2. The largest absolute Gasteiger partial charge is 0.417 e. The molecule has 1 aromatic carbocycles. The smallest absolute Gasteiger partial charge is 0.364 e. The molecule has 0 bridgehead atoms. The van der Waals surface area contributed by atoms with Gasteiger partial charge in [0.15, 0.2) is 5.69 Å². The minimum Gasteiger partial charge on any atom is -0.364 e. The van der Waals surface area contributed by atoms with Crippen molar-refractivity contribution in [2.75, 3.05) is 0 Å². The van der Waals surface area contributed by atoms with Crippen LogP contribution in [0.2, 0.25) is 0 Å². The summed E-state index contributed by atoms with van der Waals surface area (Å²) in [6, 6.07) is 5.78. The summed E-state index contributed by atoms with van der Waals surface area (Å²) in [6.45, 7) is 0. The maximum Gasteiger partial charge on any atom is 0.417 e. The molecule has 0 atom stereocenters. The first-order valence-electron chi connectivity index (χ1n) is 6.17. The van der Waals surface area contributed by atoms with Crippen LogP contribution in [0.25, 0.3) is 22.0 Å². The number of aromatic amines is 1. The summed E-state index contributed by atoms with van der Waals surface area (Å²) in [5.74, 6) is -0.717. The standard InChI is InChI=1S/C14H9F3N4O/c15-14(16,17)9-3-8(5-19-6-9)7-1-2-11-10(4-7)12(13(18)22)21-20-11/h1-6H,(H2,18,22)(H,20,21). The van der Waals surface area contributed by atoms with Crippen molar-refractivity contribution in [1.29, 1.82) is 0 Å². The van der Waals surface area contributed by atoms with Gasteiger partial charge in [-0.25, -0.2) is 0 Å². The number of hydrogen-bond acceptors (Lipinski definition) is 3. The number of pyridine rings is 1. The van der Waals surface area contributed by atoms with Crippen molar-refractivity contribution in [2.45, 2.75) is 6.18 Å². The van der Waals surface area contributed by atoms with Crippen molar-refractivity contribution in [3.05, 3.63) is 47.9 Å². The number of carbonyl (C=O) groups excluding carboxylic acids is 1. The second-order valence-corrected chi connectivity index (χ2v) is 4.66. The second-order valence-electron chi connectivity index (χ2n) is 4.66. The molecule has 1 amide bonds. The van der Waals surface area contributed by atoms with Gasteiger partial charge in [-0.15, -0.1) is 0 Å². The lowest BCUT2D eigenvalue weighted by atomic mass is 10.0. The molecular weight excluding hydrogens is 297 g/mol. The fourth-order valence-corrected chi connectivity index (χ4v) is 2.13. The quantitative estimate of drug-likeness (QED) is 0.763. The van der Waals surface area contributed by atoms with Crippen molar-refractivity contribution in [1.82, 2.24) is 15.2 Å². The van der Waals surface area contributed by atoms with Gasteiger partial charge in [0.1, 0.15) is 0 Å². The van der Waals surface area contributed by atoms with E-state index in [9.17, 15) is 18.0 Å². The summed E-state index contributed by atoms with van der Waals surface area (Å²) in [4.78, 5) is 14.9. The molecule has 112 valence electrons. The van der Waals surface area contributed by atoms with Gasteiger partial charge in [0.25, 0.3) is 5.91 Å². The number of carbonyl (C=O) groups is 1. The first kappa shape index (κ1) is 14.1. The number of fused-ring (bicyclic) bond motifs is 1. The summed E-state index contributed by atoms with van der Waals surface area (Å²) >= 11 is 0. The summed E-state index contributed by atoms with van der Waals surface area (Å²) in [7, 11) is 0. The van der Waals surface area contributed by atoms with Gasteiger partial charge in [-0.3, -0.25) is 14.9 Å². The van der Waals surface area contributed by atoms with E-state index in [0.29, 0.717) is 16.5 Å². The van der Waals surface area contributed by atoms with Crippen LogP contribution in [0.15, 0.2) is 36.7 Å². The van der Waals surface area contributed by atoms with Crippen LogP contribution in [0.5, 0.6) is 0 Å². The number of nitrogens with one attached hydrogen (secondary N) is 1. The third-order valence-electron chi connectivity index (χ3n) is 3.20. The Labute approximate surface area is 122 Å². The molecule has 2 aromatic heterocycles. The van der Waals surface area contributed by atoms with Crippen molar-refractivity contribution in [3.63, 3.8) is 0 Å². The van der Waals surface area contributed by atoms with E-state index in [2.05, 4.69) is 15.2 Å². The van der Waals surface area contributed by atoms with E-state index in [-0.39, 0.29) is 11.3 Å². The Morgan fingerprint density at radius 3 is 2.59 bits per heavy atom. The highest BCUT2D eigenvalue weighted by Crippen LogP contribution is 2.32. The number of alkyl halides is 3. The molecule has 5 nitrogen and oxygen atoms in total. The van der Waals surface area contributed by atoms with Crippen molar-refractivity contribution in [3.8, 4) is 11.1 Å². The molecule has 0 saturated carbocycles. The number of benzene rings is 1. The molecule has 0 spiro atoms. The maximum atomic E-state index is 12.7. The van der Waals surface area contributed by atoms with E-state index in [1.807, 2.05) is 0 Å². The van der Waals surface area contributed by atoms with Gasteiger partial charge in [0.2, 0.25) is 0 Å². The molecule has 3 aromatic rings. The van der Waals surface area contributed by atoms with Crippen LogP contribution in [0.3, 0.4) is 0 Å². The number of H-pyrrole nitrogens is 1. The van der Waals surface area contributed by atoms with Gasteiger partial charge in [-0.2, -0.15) is 18.3 Å². The molecule has 0 aliphatic heterocycles. The first-order valence-corrected chi connectivity index (χ1v) is 6.17. The Balaban J connectivity index is 2.14. The van der Waals surface area contributed by atoms with Gasteiger partial charge < -0.3 is 5.73 Å². The first-order chi connectivity index (χ1) is 10.4. The molecular formula is C14H9F3N4O. The lowest BCUT2D eigenvalue weighted by molar-refractivity contribution is -0.137. The number of primary amides is 1. The van der Waals surface area contributed by atoms with Crippen LogP contribution in [-0.2, 0) is 6.18 Å². The second kappa shape index (κ2) is 4.83. The number of rotatable bonds is 2. The van der Waals surface area contributed by atoms with Crippen LogP contribution in [0.4, 0.5) is 13.2 Å². The number of aromatic nitrogens is 3. The highest BCUT2D eigenvalue weighted by atomic mass is 19.4. The van der Waals surface area contributed by atoms with E-state index >= 15 is 0 Å². The highest BCUT2D eigenvalue weighted by molar-refractivity contribution is 6.04. The number of nitrogens with two attached hydrogens (primary N) is 1. The van der Waals surface area contributed by atoms with Gasteiger partial charge in [0.05, 0.1) is 11.1 Å². The molecule has 0 saturated heterocycles. The van der Waals surface area contributed by atoms with Crippen LogP contribution in [-0.4, -0.2) is 21.1 Å². The van der Waals surface area contributed by atoms with E-state index in [0.717, 1.165) is 12.3 Å². The molecule has 22 heavy (non-hydrogen) atoms.